The highest BCUT2D eigenvalue weighted by Gasteiger charge is 2.52. The van der Waals surface area contributed by atoms with E-state index in [9.17, 15) is 0 Å². The van der Waals surface area contributed by atoms with Crippen molar-refractivity contribution in [2.24, 2.45) is 0 Å². The molecular weight excluding hydrogens is 227 g/mol. The minimum atomic E-state index is -0.278. The molecule has 0 radical (unpaired) electrons. The van der Waals surface area contributed by atoms with Crippen LogP contribution in [0.25, 0.3) is 0 Å². The minimum absolute atomic E-state index is 0.278. The van der Waals surface area contributed by atoms with Gasteiger partial charge in [-0.25, -0.2) is 0 Å². The number of rotatable bonds is 2. The Morgan fingerprint density at radius 2 is 1.83 bits per heavy atom. The first-order valence-corrected chi connectivity index (χ1v) is 6.67. The van der Waals surface area contributed by atoms with Crippen molar-refractivity contribution in [2.75, 3.05) is 0 Å². The number of nitrogens with one attached hydrogen (secondary N) is 1. The molecule has 2 heterocycles. The molecule has 4 nitrogen and oxygen atoms in total. The van der Waals surface area contributed by atoms with Crippen molar-refractivity contribution in [3.63, 3.8) is 0 Å². The Balaban J connectivity index is 1.69. The van der Waals surface area contributed by atoms with Crippen LogP contribution in [0.15, 0.2) is 23.9 Å². The van der Waals surface area contributed by atoms with Gasteiger partial charge in [-0.05, 0) is 46.6 Å². The third-order valence-electron chi connectivity index (χ3n) is 4.27. The van der Waals surface area contributed by atoms with E-state index in [1.54, 1.807) is 0 Å². The number of hydrazine groups is 1. The van der Waals surface area contributed by atoms with Gasteiger partial charge in [-0.15, -0.1) is 0 Å². The van der Waals surface area contributed by atoms with Crippen molar-refractivity contribution < 1.29 is 9.31 Å². The fourth-order valence-corrected chi connectivity index (χ4v) is 2.11. The second-order valence-corrected chi connectivity index (χ2v) is 6.32. The van der Waals surface area contributed by atoms with Crippen molar-refractivity contribution in [2.45, 2.75) is 57.8 Å². The van der Waals surface area contributed by atoms with Crippen LogP contribution < -0.4 is 5.43 Å². The molecule has 2 fully saturated rings. The summed E-state index contributed by atoms with van der Waals surface area (Å²) in [4.78, 5) is 0. The fraction of sp³-hybridized carbons (Fsp3) is 0.692. The molecule has 2 aliphatic heterocycles. The minimum Gasteiger partial charge on any atom is -0.399 e. The third-order valence-corrected chi connectivity index (χ3v) is 4.27. The van der Waals surface area contributed by atoms with Crippen molar-refractivity contribution >= 4 is 7.12 Å². The maximum atomic E-state index is 6.01. The Morgan fingerprint density at radius 3 is 2.28 bits per heavy atom. The van der Waals surface area contributed by atoms with Gasteiger partial charge in [-0.1, -0.05) is 0 Å². The Hall–Kier alpha value is -0.935. The summed E-state index contributed by atoms with van der Waals surface area (Å²) in [6.07, 6.45) is 8.70. The van der Waals surface area contributed by atoms with Gasteiger partial charge in [-0.2, -0.15) is 0 Å². The van der Waals surface area contributed by atoms with E-state index in [4.69, 9.17) is 9.31 Å². The SMILES string of the molecule is CC1(C)OB(C2=CNN(C3CC3)C=C2)OC1(C)C. The maximum absolute atomic E-state index is 6.01. The number of hydrogen-bond acceptors (Lipinski definition) is 4. The standard InChI is InChI=1S/C13H21BN2O2/c1-12(2)13(3,4)18-14(17-12)10-7-8-16(15-9-10)11-5-6-11/h7-9,11,15H,5-6H2,1-4H3. The molecule has 1 aliphatic carbocycles. The van der Waals surface area contributed by atoms with Crippen molar-refractivity contribution in [3.05, 3.63) is 23.9 Å². The van der Waals surface area contributed by atoms with E-state index in [2.05, 4.69) is 50.4 Å². The van der Waals surface area contributed by atoms with Gasteiger partial charge in [0.05, 0.1) is 11.2 Å². The van der Waals surface area contributed by atoms with Gasteiger partial charge in [0.25, 0.3) is 0 Å². The first-order chi connectivity index (χ1) is 8.39. The normalized spacial score (nSPS) is 29.2. The summed E-state index contributed by atoms with van der Waals surface area (Å²) >= 11 is 0. The van der Waals surface area contributed by atoms with Crippen LogP contribution >= 0.6 is 0 Å². The monoisotopic (exact) mass is 248 g/mol. The van der Waals surface area contributed by atoms with Crippen LogP contribution in [0.1, 0.15) is 40.5 Å². The second-order valence-electron chi connectivity index (χ2n) is 6.32. The molecule has 0 spiro atoms. The lowest BCUT2D eigenvalue weighted by Crippen LogP contribution is -2.41. The second kappa shape index (κ2) is 3.78. The number of hydrogen-bond donors (Lipinski definition) is 1. The average molecular weight is 248 g/mol. The zero-order valence-electron chi connectivity index (χ0n) is 11.6. The smallest absolute Gasteiger partial charge is 0.399 e. The first kappa shape index (κ1) is 12.1. The molecule has 1 saturated heterocycles. The molecule has 1 N–H and O–H groups in total. The molecule has 5 heteroatoms. The van der Waals surface area contributed by atoms with Crippen LogP contribution in [0.4, 0.5) is 0 Å². The van der Waals surface area contributed by atoms with Gasteiger partial charge >= 0.3 is 7.12 Å². The van der Waals surface area contributed by atoms with Crippen molar-refractivity contribution in [1.29, 1.82) is 0 Å². The van der Waals surface area contributed by atoms with Gasteiger partial charge in [0.2, 0.25) is 0 Å². The molecule has 18 heavy (non-hydrogen) atoms. The largest absolute Gasteiger partial charge is 0.496 e. The highest BCUT2D eigenvalue weighted by Crippen LogP contribution is 2.39. The molecule has 0 aromatic heterocycles. The maximum Gasteiger partial charge on any atom is 0.496 e. The van der Waals surface area contributed by atoms with Crippen LogP contribution in [0.2, 0.25) is 0 Å². The van der Waals surface area contributed by atoms with Crippen LogP contribution in [-0.4, -0.2) is 29.4 Å². The molecule has 1 saturated carbocycles. The van der Waals surface area contributed by atoms with Crippen molar-refractivity contribution in [3.8, 4) is 0 Å². The summed E-state index contributed by atoms with van der Waals surface area (Å²) < 4.78 is 12.0. The zero-order valence-corrected chi connectivity index (χ0v) is 11.6. The highest BCUT2D eigenvalue weighted by molar-refractivity contribution is 6.55. The Kier molecular flexibility index (Phi) is 2.54. The van der Waals surface area contributed by atoms with E-state index < -0.39 is 0 Å². The topological polar surface area (TPSA) is 33.7 Å². The van der Waals surface area contributed by atoms with Crippen molar-refractivity contribution in [1.82, 2.24) is 10.4 Å². The average Bonchev–Trinajstić information content (AvgIpc) is 3.08. The van der Waals surface area contributed by atoms with Gasteiger partial charge < -0.3 is 14.7 Å². The molecule has 3 rings (SSSR count). The van der Waals surface area contributed by atoms with Crippen LogP contribution in [0.5, 0.6) is 0 Å². The molecule has 98 valence electrons. The Bertz CT molecular complexity index is 397. The Labute approximate surface area is 109 Å². The third kappa shape index (κ3) is 1.95. The molecule has 0 aromatic rings. The zero-order chi connectivity index (χ0) is 13.0. The lowest BCUT2D eigenvalue weighted by Gasteiger charge is -2.32. The molecule has 0 bridgehead atoms. The van der Waals surface area contributed by atoms with Gasteiger partial charge in [0.1, 0.15) is 0 Å². The molecule has 3 aliphatic rings. The van der Waals surface area contributed by atoms with Gasteiger partial charge in [0, 0.05) is 23.9 Å². The number of allylic oxidation sites excluding steroid dienone is 2. The van der Waals surface area contributed by atoms with Gasteiger partial charge in [-0.3, -0.25) is 5.01 Å². The van der Waals surface area contributed by atoms with E-state index in [0.29, 0.717) is 6.04 Å². The molecule has 0 aromatic carbocycles. The van der Waals surface area contributed by atoms with Gasteiger partial charge in [0.15, 0.2) is 0 Å². The first-order valence-electron chi connectivity index (χ1n) is 6.67. The summed E-state index contributed by atoms with van der Waals surface area (Å²) in [5.41, 5.74) is 3.78. The van der Waals surface area contributed by atoms with E-state index in [0.717, 1.165) is 5.47 Å². The molecular formula is C13H21BN2O2. The lowest BCUT2D eigenvalue weighted by molar-refractivity contribution is 0.00578. The summed E-state index contributed by atoms with van der Waals surface area (Å²) in [6, 6.07) is 0.664. The Morgan fingerprint density at radius 1 is 1.22 bits per heavy atom. The lowest BCUT2D eigenvalue weighted by atomic mass is 9.78. The quantitative estimate of drug-likeness (QED) is 0.758. The predicted octanol–water partition coefficient (Wildman–Crippen LogP) is 2.00. The fourth-order valence-electron chi connectivity index (χ4n) is 2.11. The molecule has 0 unspecified atom stereocenters. The highest BCUT2D eigenvalue weighted by atomic mass is 16.7. The summed E-state index contributed by atoms with van der Waals surface area (Å²) in [7, 11) is -0.278. The van der Waals surface area contributed by atoms with E-state index >= 15 is 0 Å². The van der Waals surface area contributed by atoms with Crippen LogP contribution in [0.3, 0.4) is 0 Å². The van der Waals surface area contributed by atoms with E-state index in [1.807, 2.05) is 6.20 Å². The summed E-state index contributed by atoms with van der Waals surface area (Å²) in [6.45, 7) is 8.29. The predicted molar refractivity (Wildman–Crippen MR) is 71.3 cm³/mol. The molecule has 0 atom stereocenters. The number of nitrogens with zero attached hydrogens (tertiary/aromatic N) is 1. The van der Waals surface area contributed by atoms with Crippen LogP contribution in [-0.2, 0) is 9.31 Å². The van der Waals surface area contributed by atoms with E-state index in [1.165, 1.54) is 12.8 Å². The molecule has 0 amide bonds. The summed E-state index contributed by atoms with van der Waals surface area (Å²) in [5.74, 6) is 0. The van der Waals surface area contributed by atoms with E-state index in [-0.39, 0.29) is 18.3 Å². The van der Waals surface area contributed by atoms with Crippen LogP contribution in [0, 0.1) is 0 Å². The summed E-state index contributed by atoms with van der Waals surface area (Å²) in [5, 5.41) is 2.15.